The minimum absolute atomic E-state index is 0.00901. The van der Waals surface area contributed by atoms with Crippen LogP contribution in [0.2, 0.25) is 0 Å². The molecule has 0 aromatic carbocycles. The largest absolute Gasteiger partial charge is 0.474 e. The molecule has 2 atom stereocenters. The monoisotopic (exact) mass is 485 g/mol. The van der Waals surface area contributed by atoms with Gasteiger partial charge in [-0.2, -0.15) is 13.8 Å². The summed E-state index contributed by atoms with van der Waals surface area (Å²) in [5, 5.41) is 2.38. The maximum Gasteiger partial charge on any atom is 0.321 e. The number of nitrogens with zero attached hydrogens (tertiary/aromatic N) is 4. The molecule has 1 saturated heterocycles. The van der Waals surface area contributed by atoms with E-state index in [-0.39, 0.29) is 39.7 Å². The van der Waals surface area contributed by atoms with E-state index in [4.69, 9.17) is 15.9 Å². The SMILES string of the molecule is C#C[C@]1(c2cn3cc(C(=O)Nc4cccn(C(F)F)c4=O)c(OC(C)C)nc3n2)CCC(C)OC1. The number of carbonyl (C=O) groups excluding carboxylic acids is 1. The molecule has 0 saturated carbocycles. The molecule has 3 aromatic rings. The number of halogens is 2. The number of terminal acetylenes is 1. The Balaban J connectivity index is 1.74. The van der Waals surface area contributed by atoms with Crippen LogP contribution in [0.1, 0.15) is 56.2 Å². The highest BCUT2D eigenvalue weighted by molar-refractivity contribution is 6.05. The number of amides is 1. The minimum atomic E-state index is -3.04. The summed E-state index contributed by atoms with van der Waals surface area (Å²) in [5.74, 6) is 2.31. The molecular weight excluding hydrogens is 460 g/mol. The average molecular weight is 485 g/mol. The van der Waals surface area contributed by atoms with Crippen molar-refractivity contribution in [3.63, 3.8) is 0 Å². The van der Waals surface area contributed by atoms with Crippen LogP contribution in [0.3, 0.4) is 0 Å². The molecule has 1 aliphatic heterocycles. The Kier molecular flexibility index (Phi) is 6.58. The van der Waals surface area contributed by atoms with Crippen LogP contribution in [0.15, 0.2) is 35.5 Å². The van der Waals surface area contributed by atoms with E-state index in [1.165, 1.54) is 22.7 Å². The average Bonchev–Trinajstić information content (AvgIpc) is 3.23. The van der Waals surface area contributed by atoms with E-state index in [0.717, 1.165) is 12.6 Å². The number of hydrogen-bond donors (Lipinski definition) is 1. The quantitative estimate of drug-likeness (QED) is 0.538. The zero-order valence-corrected chi connectivity index (χ0v) is 19.5. The third-order valence-electron chi connectivity index (χ3n) is 5.80. The van der Waals surface area contributed by atoms with Crippen LogP contribution >= 0.6 is 0 Å². The summed E-state index contributed by atoms with van der Waals surface area (Å²) in [6.45, 7) is 2.77. The first-order valence-electron chi connectivity index (χ1n) is 11.1. The number of aromatic nitrogens is 4. The first-order valence-corrected chi connectivity index (χ1v) is 11.1. The number of imidazole rings is 1. The zero-order valence-electron chi connectivity index (χ0n) is 19.5. The lowest BCUT2D eigenvalue weighted by Crippen LogP contribution is -2.38. The third kappa shape index (κ3) is 4.74. The number of carbonyl (C=O) groups is 1. The molecule has 1 N–H and O–H groups in total. The summed E-state index contributed by atoms with van der Waals surface area (Å²) in [5.41, 5.74) is -1.50. The van der Waals surface area contributed by atoms with E-state index in [0.29, 0.717) is 18.7 Å². The van der Waals surface area contributed by atoms with Gasteiger partial charge in [0.1, 0.15) is 11.3 Å². The van der Waals surface area contributed by atoms with Gasteiger partial charge in [0.05, 0.1) is 29.9 Å². The van der Waals surface area contributed by atoms with Gasteiger partial charge < -0.3 is 14.8 Å². The zero-order chi connectivity index (χ0) is 25.3. The lowest BCUT2D eigenvalue weighted by Gasteiger charge is -2.33. The number of alkyl halides is 2. The second kappa shape index (κ2) is 9.46. The Bertz CT molecular complexity index is 1350. The van der Waals surface area contributed by atoms with Gasteiger partial charge in [0.15, 0.2) is 0 Å². The normalized spacial score (nSPS) is 20.2. The number of pyridine rings is 1. The summed E-state index contributed by atoms with van der Waals surface area (Å²) >= 11 is 0. The predicted octanol–water partition coefficient (Wildman–Crippen LogP) is 3.40. The van der Waals surface area contributed by atoms with E-state index < -0.39 is 23.4 Å². The molecule has 0 radical (unpaired) electrons. The van der Waals surface area contributed by atoms with Gasteiger partial charge in [-0.05, 0) is 45.7 Å². The van der Waals surface area contributed by atoms with Crippen molar-refractivity contribution < 1.29 is 23.0 Å². The van der Waals surface area contributed by atoms with Crippen LogP contribution < -0.4 is 15.6 Å². The fourth-order valence-corrected chi connectivity index (χ4v) is 3.83. The summed E-state index contributed by atoms with van der Waals surface area (Å²) in [6, 6.07) is 2.48. The highest BCUT2D eigenvalue weighted by Crippen LogP contribution is 2.34. The number of ether oxygens (including phenoxy) is 2. The first kappa shape index (κ1) is 24.3. The molecule has 1 fully saturated rings. The Morgan fingerprint density at radius 2 is 2.14 bits per heavy atom. The summed E-state index contributed by atoms with van der Waals surface area (Å²) < 4.78 is 39.4. The summed E-state index contributed by atoms with van der Waals surface area (Å²) in [4.78, 5) is 34.4. The van der Waals surface area contributed by atoms with Crippen molar-refractivity contribution in [3.8, 4) is 18.2 Å². The molecule has 184 valence electrons. The summed E-state index contributed by atoms with van der Waals surface area (Å²) in [6.07, 6.45) is 11.2. The first-order chi connectivity index (χ1) is 16.6. The van der Waals surface area contributed by atoms with E-state index in [2.05, 4.69) is 21.2 Å². The number of fused-ring (bicyclic) bond motifs is 1. The Hall–Kier alpha value is -3.78. The van der Waals surface area contributed by atoms with Crippen molar-refractivity contribution in [2.24, 2.45) is 0 Å². The highest BCUT2D eigenvalue weighted by Gasteiger charge is 2.37. The maximum absolute atomic E-state index is 13.1. The molecule has 11 heteroatoms. The lowest BCUT2D eigenvalue weighted by molar-refractivity contribution is -0.00419. The van der Waals surface area contributed by atoms with Crippen LogP contribution in [0.4, 0.5) is 14.5 Å². The summed E-state index contributed by atoms with van der Waals surface area (Å²) in [7, 11) is 0. The van der Waals surface area contributed by atoms with Gasteiger partial charge in [-0.3, -0.25) is 18.6 Å². The predicted molar refractivity (Wildman–Crippen MR) is 124 cm³/mol. The second-order valence-corrected chi connectivity index (χ2v) is 8.71. The van der Waals surface area contributed by atoms with Gasteiger partial charge in [-0.15, -0.1) is 6.42 Å². The van der Waals surface area contributed by atoms with Crippen LogP contribution in [0, 0.1) is 12.3 Å². The van der Waals surface area contributed by atoms with Crippen LogP contribution in [0.5, 0.6) is 5.88 Å². The fraction of sp³-hybridized carbons (Fsp3) is 0.417. The third-order valence-corrected chi connectivity index (χ3v) is 5.80. The standard InChI is InChI=1S/C24H25F2N5O4/c1-5-24(9-8-15(4)34-13-24)18-12-30-11-16(20(35-14(2)3)29-23(30)28-18)19(32)27-17-7-6-10-31(21(17)33)22(25)26/h1,6-7,10-12,14-15,22H,8-9,13H2,2-4H3,(H,27,32)/t15?,24-/m0/s1. The molecule has 4 rings (SSSR count). The number of nitrogens with one attached hydrogen (secondary N) is 1. The van der Waals surface area contributed by atoms with Gasteiger partial charge in [-0.1, -0.05) is 5.92 Å². The van der Waals surface area contributed by atoms with Gasteiger partial charge >= 0.3 is 6.55 Å². The van der Waals surface area contributed by atoms with E-state index in [9.17, 15) is 18.4 Å². The number of hydrogen-bond acceptors (Lipinski definition) is 6. The van der Waals surface area contributed by atoms with E-state index >= 15 is 0 Å². The number of anilines is 1. The Morgan fingerprint density at radius 1 is 1.37 bits per heavy atom. The molecule has 1 unspecified atom stereocenters. The fourth-order valence-electron chi connectivity index (χ4n) is 3.83. The Morgan fingerprint density at radius 3 is 2.77 bits per heavy atom. The van der Waals surface area contributed by atoms with E-state index in [1.54, 1.807) is 20.0 Å². The maximum atomic E-state index is 13.1. The van der Waals surface area contributed by atoms with Gasteiger partial charge in [0, 0.05) is 18.6 Å². The van der Waals surface area contributed by atoms with Crippen molar-refractivity contribution in [1.29, 1.82) is 0 Å². The number of rotatable bonds is 6. The molecule has 0 bridgehead atoms. The van der Waals surface area contributed by atoms with Crippen molar-refractivity contribution in [3.05, 3.63) is 52.3 Å². The molecule has 4 heterocycles. The molecule has 1 aliphatic rings. The second-order valence-electron chi connectivity index (χ2n) is 8.71. The smallest absolute Gasteiger partial charge is 0.321 e. The molecular formula is C24H25F2N5O4. The van der Waals surface area contributed by atoms with E-state index in [1.807, 2.05) is 6.92 Å². The lowest BCUT2D eigenvalue weighted by atomic mass is 9.79. The van der Waals surface area contributed by atoms with Gasteiger partial charge in [0.25, 0.3) is 11.5 Å². The van der Waals surface area contributed by atoms with Gasteiger partial charge in [-0.25, -0.2) is 4.98 Å². The topological polar surface area (TPSA) is 99.8 Å². The molecule has 1 amide bonds. The molecule has 9 nitrogen and oxygen atoms in total. The van der Waals surface area contributed by atoms with Crippen molar-refractivity contribution in [1.82, 2.24) is 18.9 Å². The molecule has 0 spiro atoms. The van der Waals surface area contributed by atoms with Gasteiger partial charge in [0.2, 0.25) is 11.7 Å². The minimum Gasteiger partial charge on any atom is -0.474 e. The highest BCUT2D eigenvalue weighted by atomic mass is 19.3. The molecule has 35 heavy (non-hydrogen) atoms. The van der Waals surface area contributed by atoms with Crippen LogP contribution in [0.25, 0.3) is 5.78 Å². The van der Waals surface area contributed by atoms with Crippen molar-refractivity contribution in [2.45, 2.75) is 57.8 Å². The van der Waals surface area contributed by atoms with Crippen LogP contribution in [-0.4, -0.2) is 43.7 Å². The van der Waals surface area contributed by atoms with Crippen LogP contribution in [-0.2, 0) is 10.2 Å². The van der Waals surface area contributed by atoms with Crippen molar-refractivity contribution in [2.75, 3.05) is 11.9 Å². The molecule has 0 aliphatic carbocycles. The molecule has 3 aromatic heterocycles. The Labute approximate surface area is 200 Å². The van der Waals surface area contributed by atoms with Crippen molar-refractivity contribution >= 4 is 17.4 Å².